The minimum absolute atomic E-state index is 0.599. The first-order valence-electron chi connectivity index (χ1n) is 3.69. The average Bonchev–Trinajstić information content (AvgIpc) is 2.16. The molecule has 0 radical (unpaired) electrons. The fourth-order valence-electron chi connectivity index (χ4n) is 0.971. The lowest BCUT2D eigenvalue weighted by Gasteiger charge is -2.08. The van der Waals surface area contributed by atoms with Crippen molar-refractivity contribution in [1.29, 1.82) is 0 Å². The number of nitrogens with zero attached hydrogens (tertiary/aromatic N) is 1. The van der Waals surface area contributed by atoms with Crippen molar-refractivity contribution in [2.75, 3.05) is 7.11 Å². The lowest BCUT2D eigenvalue weighted by molar-refractivity contribution is 0.107. The maximum atomic E-state index is 13.3. The van der Waals surface area contributed by atoms with E-state index in [0.717, 1.165) is 7.11 Å². The molecule has 0 fully saturated rings. The monoisotopic (exact) mass is 239 g/mol. The van der Waals surface area contributed by atoms with Crippen LogP contribution in [0, 0.1) is 5.82 Å². The van der Waals surface area contributed by atoms with E-state index in [2.05, 4.69) is 9.72 Å². The molecule has 0 saturated heterocycles. The predicted octanol–water partition coefficient (Wildman–Crippen LogP) is 2.55. The van der Waals surface area contributed by atoms with E-state index in [4.69, 9.17) is 11.6 Å². The van der Waals surface area contributed by atoms with Crippen LogP contribution in [0.15, 0.2) is 6.20 Å². The van der Waals surface area contributed by atoms with Gasteiger partial charge in [0, 0.05) is 6.20 Å². The first kappa shape index (κ1) is 11.8. The topological polar surface area (TPSA) is 39.2 Å². The van der Waals surface area contributed by atoms with Crippen molar-refractivity contribution >= 4 is 16.8 Å². The van der Waals surface area contributed by atoms with Crippen molar-refractivity contribution in [3.8, 4) is 5.75 Å². The summed E-state index contributed by atoms with van der Waals surface area (Å²) in [7, 11) is 0.995. The Balaban J connectivity index is 3.39. The third kappa shape index (κ3) is 2.20. The second kappa shape index (κ2) is 4.48. The quantitative estimate of drug-likeness (QED) is 0.761. The van der Waals surface area contributed by atoms with Crippen LogP contribution in [-0.4, -0.2) is 17.3 Å². The third-order valence-electron chi connectivity index (χ3n) is 1.62. The molecule has 0 N–H and O–H groups in total. The zero-order chi connectivity index (χ0) is 11.6. The van der Waals surface area contributed by atoms with E-state index in [1.807, 2.05) is 0 Å². The van der Waals surface area contributed by atoms with Crippen LogP contribution >= 0.6 is 11.6 Å². The molecule has 0 unspecified atom stereocenters. The standard InChI is InChI=1S/C8H5ClF3NO2/c1-15-6-4(10)3(7(9)14)2-13-5(6)8(11)12/h2,8H,1H3. The summed E-state index contributed by atoms with van der Waals surface area (Å²) in [4.78, 5) is 13.9. The van der Waals surface area contributed by atoms with Crippen molar-refractivity contribution in [2.45, 2.75) is 6.43 Å². The number of carbonyl (C=O) groups excluding carboxylic acids is 1. The van der Waals surface area contributed by atoms with Crippen molar-refractivity contribution in [2.24, 2.45) is 0 Å². The fraction of sp³-hybridized carbons (Fsp3) is 0.250. The van der Waals surface area contributed by atoms with E-state index in [9.17, 15) is 18.0 Å². The Morgan fingerprint density at radius 3 is 2.60 bits per heavy atom. The maximum Gasteiger partial charge on any atom is 0.284 e. The molecule has 1 rings (SSSR count). The fourth-order valence-corrected chi connectivity index (χ4v) is 1.10. The molecule has 1 aromatic rings. The van der Waals surface area contributed by atoms with E-state index in [-0.39, 0.29) is 0 Å². The smallest absolute Gasteiger partial charge is 0.284 e. The van der Waals surface area contributed by atoms with Gasteiger partial charge in [-0.25, -0.2) is 13.2 Å². The Bertz CT molecular complexity index is 398. The van der Waals surface area contributed by atoms with E-state index >= 15 is 0 Å². The summed E-state index contributed by atoms with van der Waals surface area (Å²) >= 11 is 5.01. The second-order valence-corrected chi connectivity index (χ2v) is 2.82. The Hall–Kier alpha value is -1.30. The molecule has 0 spiro atoms. The predicted molar refractivity (Wildman–Crippen MR) is 45.9 cm³/mol. The van der Waals surface area contributed by atoms with E-state index in [1.54, 1.807) is 0 Å². The van der Waals surface area contributed by atoms with Gasteiger partial charge in [0.15, 0.2) is 17.3 Å². The molecule has 1 heterocycles. The molecule has 0 aliphatic carbocycles. The molecule has 15 heavy (non-hydrogen) atoms. The Labute approximate surface area is 87.8 Å². The number of ether oxygens (including phenoxy) is 1. The van der Waals surface area contributed by atoms with Gasteiger partial charge in [-0.1, -0.05) is 0 Å². The average molecular weight is 240 g/mol. The van der Waals surface area contributed by atoms with E-state index in [0.29, 0.717) is 6.20 Å². The molecule has 1 aromatic heterocycles. The zero-order valence-corrected chi connectivity index (χ0v) is 8.19. The molecule has 0 atom stereocenters. The molecule has 0 amide bonds. The molecule has 7 heteroatoms. The van der Waals surface area contributed by atoms with Crippen molar-refractivity contribution in [1.82, 2.24) is 4.98 Å². The maximum absolute atomic E-state index is 13.3. The highest BCUT2D eigenvalue weighted by atomic mass is 35.5. The minimum atomic E-state index is -2.99. The molecule has 0 aromatic carbocycles. The second-order valence-electron chi connectivity index (χ2n) is 2.48. The lowest BCUT2D eigenvalue weighted by Crippen LogP contribution is -2.05. The molecule has 0 saturated carbocycles. The van der Waals surface area contributed by atoms with Crippen LogP contribution in [0.2, 0.25) is 0 Å². The summed E-state index contributed by atoms with van der Waals surface area (Å²) in [5.41, 5.74) is -1.46. The number of pyridine rings is 1. The summed E-state index contributed by atoms with van der Waals surface area (Å²) in [6.07, 6.45) is -2.34. The number of aromatic nitrogens is 1. The van der Waals surface area contributed by atoms with Gasteiger partial charge in [0.05, 0.1) is 12.7 Å². The van der Waals surface area contributed by atoms with Gasteiger partial charge in [-0.3, -0.25) is 9.78 Å². The highest BCUT2D eigenvalue weighted by molar-refractivity contribution is 6.67. The highest BCUT2D eigenvalue weighted by Crippen LogP contribution is 2.31. The summed E-state index contributed by atoms with van der Waals surface area (Å²) in [6.45, 7) is 0. The summed E-state index contributed by atoms with van der Waals surface area (Å²) in [6, 6.07) is 0. The van der Waals surface area contributed by atoms with E-state index in [1.165, 1.54) is 0 Å². The van der Waals surface area contributed by atoms with E-state index < -0.39 is 34.5 Å². The van der Waals surface area contributed by atoms with Gasteiger partial charge in [-0.15, -0.1) is 0 Å². The van der Waals surface area contributed by atoms with Crippen LogP contribution < -0.4 is 4.74 Å². The van der Waals surface area contributed by atoms with Crippen LogP contribution in [0.1, 0.15) is 22.5 Å². The van der Waals surface area contributed by atoms with Crippen LogP contribution in [-0.2, 0) is 0 Å². The van der Waals surface area contributed by atoms with Crippen LogP contribution in [0.5, 0.6) is 5.75 Å². The van der Waals surface area contributed by atoms with Crippen LogP contribution in [0.3, 0.4) is 0 Å². The summed E-state index contributed by atoms with van der Waals surface area (Å²) in [5.74, 6) is -2.00. The van der Waals surface area contributed by atoms with Gasteiger partial charge < -0.3 is 4.74 Å². The van der Waals surface area contributed by atoms with Gasteiger partial charge in [0.1, 0.15) is 0 Å². The van der Waals surface area contributed by atoms with Crippen molar-refractivity contribution in [3.63, 3.8) is 0 Å². The Morgan fingerprint density at radius 1 is 1.60 bits per heavy atom. The number of alkyl halides is 2. The van der Waals surface area contributed by atoms with Gasteiger partial charge in [0.25, 0.3) is 11.7 Å². The van der Waals surface area contributed by atoms with Gasteiger partial charge in [-0.05, 0) is 11.6 Å². The number of methoxy groups -OCH3 is 1. The van der Waals surface area contributed by atoms with Gasteiger partial charge in [-0.2, -0.15) is 0 Å². The zero-order valence-electron chi connectivity index (χ0n) is 7.43. The normalized spacial score (nSPS) is 10.5. The Kier molecular flexibility index (Phi) is 3.52. The first-order chi connectivity index (χ1) is 6.99. The number of hydrogen-bond acceptors (Lipinski definition) is 3. The molecule has 3 nitrogen and oxygen atoms in total. The van der Waals surface area contributed by atoms with Crippen LogP contribution in [0.4, 0.5) is 13.2 Å². The van der Waals surface area contributed by atoms with Crippen molar-refractivity contribution < 1.29 is 22.7 Å². The number of halogens is 4. The third-order valence-corrected chi connectivity index (χ3v) is 1.83. The van der Waals surface area contributed by atoms with Crippen LogP contribution in [0.25, 0.3) is 0 Å². The molecule has 0 aliphatic rings. The van der Waals surface area contributed by atoms with Gasteiger partial charge >= 0.3 is 0 Å². The number of hydrogen-bond donors (Lipinski definition) is 0. The van der Waals surface area contributed by atoms with Crippen molar-refractivity contribution in [3.05, 3.63) is 23.3 Å². The lowest BCUT2D eigenvalue weighted by atomic mass is 10.2. The number of carbonyl (C=O) groups is 1. The Morgan fingerprint density at radius 2 is 2.20 bits per heavy atom. The first-order valence-corrected chi connectivity index (χ1v) is 4.07. The molecular formula is C8H5ClF3NO2. The minimum Gasteiger partial charge on any atom is -0.492 e. The largest absolute Gasteiger partial charge is 0.492 e. The molecule has 82 valence electrons. The highest BCUT2D eigenvalue weighted by Gasteiger charge is 2.24. The number of rotatable bonds is 3. The molecule has 0 bridgehead atoms. The van der Waals surface area contributed by atoms with Gasteiger partial charge in [0.2, 0.25) is 0 Å². The molecule has 0 aliphatic heterocycles. The SMILES string of the molecule is COc1c(C(F)F)ncc(C(=O)Cl)c1F. The summed E-state index contributed by atoms with van der Waals surface area (Å²) < 4.78 is 42.3. The summed E-state index contributed by atoms with van der Waals surface area (Å²) in [5, 5.41) is -1.13. The molecular weight excluding hydrogens is 235 g/mol.